The third-order valence-electron chi connectivity index (χ3n) is 1.95. The predicted molar refractivity (Wildman–Crippen MR) is 62.9 cm³/mol. The molecule has 1 unspecified atom stereocenters. The Hall–Kier alpha value is -0.740. The maximum Gasteiger partial charge on any atom is 0.271 e. The number of aromatic nitrogens is 2. The van der Waals surface area contributed by atoms with Crippen molar-refractivity contribution in [3.8, 4) is 0 Å². The zero-order chi connectivity index (χ0) is 11.3. The molecule has 1 rings (SSSR count). The van der Waals surface area contributed by atoms with Crippen LogP contribution >= 0.6 is 23.2 Å². The molecule has 0 fully saturated rings. The maximum absolute atomic E-state index is 11.1. The van der Waals surface area contributed by atoms with Gasteiger partial charge >= 0.3 is 0 Å². The van der Waals surface area contributed by atoms with Crippen molar-refractivity contribution in [2.24, 2.45) is 0 Å². The number of hydrogen-bond acceptors (Lipinski definition) is 3. The Kier molecular flexibility index (Phi) is 4.91. The topological polar surface area (TPSA) is 57.8 Å². The molecule has 0 aliphatic rings. The molecule has 0 aliphatic heterocycles. The highest BCUT2D eigenvalue weighted by atomic mass is 35.5. The average molecular weight is 250 g/mol. The van der Waals surface area contributed by atoms with Crippen LogP contribution in [0.2, 0.25) is 5.02 Å². The molecule has 0 amide bonds. The van der Waals surface area contributed by atoms with Crippen molar-refractivity contribution >= 4 is 29.0 Å². The molecule has 0 saturated heterocycles. The Labute approximate surface area is 98.0 Å². The van der Waals surface area contributed by atoms with E-state index >= 15 is 0 Å². The Bertz CT molecular complexity index is 367. The SMILES string of the molecule is CC(CCCCl)Nc1nc[nH]c(=O)c1Cl. The summed E-state index contributed by atoms with van der Waals surface area (Å²) in [6.45, 7) is 1.99. The highest BCUT2D eigenvalue weighted by Crippen LogP contribution is 2.14. The lowest BCUT2D eigenvalue weighted by atomic mass is 10.2. The molecule has 0 aromatic carbocycles. The second-order valence-corrected chi connectivity index (χ2v) is 4.03. The van der Waals surface area contributed by atoms with Crippen molar-refractivity contribution in [2.75, 3.05) is 11.2 Å². The van der Waals surface area contributed by atoms with Crippen LogP contribution in [0.15, 0.2) is 11.1 Å². The van der Waals surface area contributed by atoms with Crippen LogP contribution in [0.5, 0.6) is 0 Å². The molecule has 15 heavy (non-hydrogen) atoms. The monoisotopic (exact) mass is 249 g/mol. The van der Waals surface area contributed by atoms with Crippen molar-refractivity contribution in [2.45, 2.75) is 25.8 Å². The Morgan fingerprint density at radius 3 is 3.07 bits per heavy atom. The van der Waals surface area contributed by atoms with E-state index in [1.807, 2.05) is 6.92 Å². The van der Waals surface area contributed by atoms with Gasteiger partial charge in [-0.05, 0) is 19.8 Å². The summed E-state index contributed by atoms with van der Waals surface area (Å²) < 4.78 is 0. The fourth-order valence-corrected chi connectivity index (χ4v) is 1.48. The molecule has 0 aliphatic carbocycles. The summed E-state index contributed by atoms with van der Waals surface area (Å²) in [5, 5.41) is 3.16. The molecule has 1 aromatic heterocycles. The van der Waals surface area contributed by atoms with Gasteiger partial charge in [0.2, 0.25) is 0 Å². The minimum Gasteiger partial charge on any atom is -0.366 e. The minimum atomic E-state index is -0.335. The quantitative estimate of drug-likeness (QED) is 0.788. The summed E-state index contributed by atoms with van der Waals surface area (Å²) in [5.41, 5.74) is -0.335. The van der Waals surface area contributed by atoms with Crippen molar-refractivity contribution in [3.05, 3.63) is 21.7 Å². The van der Waals surface area contributed by atoms with Gasteiger partial charge in [-0.3, -0.25) is 4.79 Å². The first-order valence-corrected chi connectivity index (χ1v) is 5.62. The Balaban J connectivity index is 2.64. The summed E-state index contributed by atoms with van der Waals surface area (Å²) in [4.78, 5) is 17.5. The summed E-state index contributed by atoms with van der Waals surface area (Å²) in [6, 6.07) is 0.190. The first-order chi connectivity index (χ1) is 7.15. The zero-order valence-electron chi connectivity index (χ0n) is 8.39. The molecule has 1 atom stereocenters. The van der Waals surface area contributed by atoms with Crippen LogP contribution in [-0.4, -0.2) is 21.9 Å². The lowest BCUT2D eigenvalue weighted by Crippen LogP contribution is -2.19. The van der Waals surface area contributed by atoms with Crippen LogP contribution in [0.3, 0.4) is 0 Å². The van der Waals surface area contributed by atoms with E-state index in [1.54, 1.807) is 0 Å². The molecule has 0 spiro atoms. The molecule has 0 saturated carbocycles. The number of nitrogens with one attached hydrogen (secondary N) is 2. The van der Waals surface area contributed by atoms with Crippen LogP contribution in [0.25, 0.3) is 0 Å². The van der Waals surface area contributed by atoms with Gasteiger partial charge in [0, 0.05) is 11.9 Å². The highest BCUT2D eigenvalue weighted by molar-refractivity contribution is 6.32. The van der Waals surface area contributed by atoms with Crippen molar-refractivity contribution < 1.29 is 0 Å². The van der Waals surface area contributed by atoms with Crippen LogP contribution in [0.1, 0.15) is 19.8 Å². The number of alkyl halides is 1. The van der Waals surface area contributed by atoms with Crippen LogP contribution in [0, 0.1) is 0 Å². The molecule has 84 valence electrons. The largest absolute Gasteiger partial charge is 0.366 e. The van der Waals surface area contributed by atoms with Gasteiger partial charge in [0.15, 0.2) is 5.82 Å². The fraction of sp³-hybridized carbons (Fsp3) is 0.556. The zero-order valence-corrected chi connectivity index (χ0v) is 9.90. The highest BCUT2D eigenvalue weighted by Gasteiger charge is 2.08. The second-order valence-electron chi connectivity index (χ2n) is 3.27. The summed E-state index contributed by atoms with van der Waals surface area (Å²) >= 11 is 11.4. The molecule has 1 aromatic rings. The molecule has 2 N–H and O–H groups in total. The van der Waals surface area contributed by atoms with E-state index in [1.165, 1.54) is 6.33 Å². The third-order valence-corrected chi connectivity index (χ3v) is 2.57. The lowest BCUT2D eigenvalue weighted by Gasteiger charge is -2.13. The molecule has 6 heteroatoms. The first-order valence-electron chi connectivity index (χ1n) is 4.71. The predicted octanol–water partition coefficient (Wildman–Crippen LogP) is 2.24. The molecular weight excluding hydrogens is 237 g/mol. The molecule has 0 radical (unpaired) electrons. The van der Waals surface area contributed by atoms with E-state index in [-0.39, 0.29) is 16.6 Å². The van der Waals surface area contributed by atoms with E-state index in [9.17, 15) is 4.79 Å². The summed E-state index contributed by atoms with van der Waals surface area (Å²) in [6.07, 6.45) is 3.15. The van der Waals surface area contributed by atoms with Gasteiger partial charge in [-0.1, -0.05) is 11.6 Å². The molecule has 4 nitrogen and oxygen atoms in total. The Morgan fingerprint density at radius 2 is 2.40 bits per heavy atom. The van der Waals surface area contributed by atoms with Crippen LogP contribution in [0.4, 0.5) is 5.82 Å². The fourth-order valence-electron chi connectivity index (χ4n) is 1.17. The Morgan fingerprint density at radius 1 is 1.67 bits per heavy atom. The number of halogens is 2. The van der Waals surface area contributed by atoms with E-state index < -0.39 is 0 Å². The first kappa shape index (κ1) is 12.3. The normalized spacial score (nSPS) is 12.5. The number of rotatable bonds is 5. The lowest BCUT2D eigenvalue weighted by molar-refractivity contribution is 0.690. The molecular formula is C9H13Cl2N3O. The van der Waals surface area contributed by atoms with E-state index in [4.69, 9.17) is 23.2 Å². The maximum atomic E-state index is 11.1. The average Bonchev–Trinajstić information content (AvgIpc) is 2.22. The van der Waals surface area contributed by atoms with Crippen LogP contribution < -0.4 is 10.9 Å². The van der Waals surface area contributed by atoms with Crippen molar-refractivity contribution in [1.82, 2.24) is 9.97 Å². The smallest absolute Gasteiger partial charge is 0.271 e. The molecule has 1 heterocycles. The number of nitrogens with zero attached hydrogens (tertiary/aromatic N) is 1. The third kappa shape index (κ3) is 3.72. The van der Waals surface area contributed by atoms with Gasteiger partial charge in [0.1, 0.15) is 5.02 Å². The van der Waals surface area contributed by atoms with Crippen molar-refractivity contribution in [1.29, 1.82) is 0 Å². The van der Waals surface area contributed by atoms with E-state index in [0.717, 1.165) is 12.8 Å². The number of aromatic amines is 1. The van der Waals surface area contributed by atoms with Gasteiger partial charge in [-0.2, -0.15) is 0 Å². The van der Waals surface area contributed by atoms with Gasteiger partial charge in [-0.25, -0.2) is 4.98 Å². The number of anilines is 1. The number of H-pyrrole nitrogens is 1. The van der Waals surface area contributed by atoms with Gasteiger partial charge in [0.05, 0.1) is 6.33 Å². The summed E-state index contributed by atoms with van der Waals surface area (Å²) in [7, 11) is 0. The molecule has 0 bridgehead atoms. The number of hydrogen-bond donors (Lipinski definition) is 2. The summed E-state index contributed by atoms with van der Waals surface area (Å²) in [5.74, 6) is 1.05. The van der Waals surface area contributed by atoms with E-state index in [0.29, 0.717) is 11.7 Å². The standard InChI is InChI=1S/C9H13Cl2N3O/c1-6(3-2-4-10)14-8-7(11)9(15)13-5-12-8/h5-6H,2-4H2,1H3,(H2,12,13,14,15). The van der Waals surface area contributed by atoms with Gasteiger partial charge < -0.3 is 10.3 Å². The minimum absolute atomic E-state index is 0.0928. The van der Waals surface area contributed by atoms with Gasteiger partial charge in [0.25, 0.3) is 5.56 Å². The second kappa shape index (κ2) is 5.98. The van der Waals surface area contributed by atoms with Gasteiger partial charge in [-0.15, -0.1) is 11.6 Å². The van der Waals surface area contributed by atoms with E-state index in [2.05, 4.69) is 15.3 Å². The van der Waals surface area contributed by atoms with Crippen LogP contribution in [-0.2, 0) is 0 Å². The van der Waals surface area contributed by atoms with Crippen molar-refractivity contribution in [3.63, 3.8) is 0 Å².